The normalized spacial score (nSPS) is 10.8. The molecule has 6 heteroatoms. The molecule has 5 nitrogen and oxygen atoms in total. The van der Waals surface area contributed by atoms with Crippen molar-refractivity contribution in [2.45, 2.75) is 20.0 Å². The highest BCUT2D eigenvalue weighted by molar-refractivity contribution is 6.31. The number of nitrogens with zero attached hydrogens (tertiary/aromatic N) is 1. The zero-order valence-electron chi connectivity index (χ0n) is 17.6. The van der Waals surface area contributed by atoms with Crippen molar-refractivity contribution >= 4 is 28.5 Å². The highest BCUT2D eigenvalue weighted by Gasteiger charge is 2.16. The molecule has 4 aromatic rings. The lowest BCUT2D eigenvalue weighted by Gasteiger charge is -2.23. The Hall–Kier alpha value is -3.57. The summed E-state index contributed by atoms with van der Waals surface area (Å²) in [4.78, 5) is 26.7. The number of fused-ring (bicyclic) bond motifs is 1. The third-order valence-corrected chi connectivity index (χ3v) is 5.65. The van der Waals surface area contributed by atoms with Crippen LogP contribution < -0.4 is 10.4 Å². The van der Waals surface area contributed by atoms with Crippen molar-refractivity contribution in [1.29, 1.82) is 0 Å². The van der Waals surface area contributed by atoms with Crippen molar-refractivity contribution in [3.05, 3.63) is 111 Å². The van der Waals surface area contributed by atoms with Gasteiger partial charge >= 0.3 is 5.63 Å². The number of benzene rings is 3. The first kappa shape index (κ1) is 21.7. The molecule has 162 valence electrons. The Labute approximate surface area is 190 Å². The second-order valence-corrected chi connectivity index (χ2v) is 7.87. The van der Waals surface area contributed by atoms with E-state index in [4.69, 9.17) is 20.8 Å². The Kier molecular flexibility index (Phi) is 6.57. The van der Waals surface area contributed by atoms with Crippen molar-refractivity contribution in [2.24, 2.45) is 0 Å². The van der Waals surface area contributed by atoms with Crippen molar-refractivity contribution in [2.75, 3.05) is 6.61 Å². The van der Waals surface area contributed by atoms with Crippen LogP contribution in [-0.4, -0.2) is 17.4 Å². The molecule has 0 aliphatic carbocycles. The number of hydrogen-bond donors (Lipinski definition) is 0. The lowest BCUT2D eigenvalue weighted by atomic mass is 10.1. The van der Waals surface area contributed by atoms with Gasteiger partial charge in [-0.15, -0.1) is 0 Å². The monoisotopic (exact) mass is 447 g/mol. The third-order valence-electron chi connectivity index (χ3n) is 5.22. The number of carbonyl (C=O) groups is 1. The molecule has 32 heavy (non-hydrogen) atoms. The van der Waals surface area contributed by atoms with E-state index in [0.29, 0.717) is 30.0 Å². The fraction of sp³-hybridized carbons (Fsp3) is 0.154. The molecule has 0 unspecified atom stereocenters. The number of carbonyl (C=O) groups excluding carboxylic acids is 1. The van der Waals surface area contributed by atoms with Crippen molar-refractivity contribution < 1.29 is 13.9 Å². The quantitative estimate of drug-likeness (QED) is 0.358. The summed E-state index contributed by atoms with van der Waals surface area (Å²) < 4.78 is 11.0. The van der Waals surface area contributed by atoms with Crippen molar-refractivity contribution in [3.63, 3.8) is 0 Å². The van der Waals surface area contributed by atoms with Gasteiger partial charge in [0, 0.05) is 24.5 Å². The molecule has 1 heterocycles. The fourth-order valence-corrected chi connectivity index (χ4v) is 3.62. The molecule has 0 atom stereocenters. The number of halogens is 1. The van der Waals surface area contributed by atoms with E-state index in [1.165, 1.54) is 0 Å². The molecule has 0 spiro atoms. The zero-order chi connectivity index (χ0) is 22.5. The zero-order valence-corrected chi connectivity index (χ0v) is 18.3. The maximum atomic E-state index is 13.1. The van der Waals surface area contributed by atoms with Crippen LogP contribution >= 0.6 is 11.6 Å². The summed E-state index contributed by atoms with van der Waals surface area (Å²) in [6.07, 6.45) is 0. The summed E-state index contributed by atoms with van der Waals surface area (Å²) in [5.74, 6) is 0.293. The summed E-state index contributed by atoms with van der Waals surface area (Å²) in [5, 5.41) is 0.793. The molecule has 0 aliphatic heterocycles. The molecule has 4 rings (SSSR count). The molecular formula is C26H22ClNO4. The van der Waals surface area contributed by atoms with Gasteiger partial charge in [-0.3, -0.25) is 4.79 Å². The number of rotatable bonds is 7. The highest BCUT2D eigenvalue weighted by Crippen LogP contribution is 2.26. The van der Waals surface area contributed by atoms with Crippen LogP contribution in [0.4, 0.5) is 0 Å². The van der Waals surface area contributed by atoms with Gasteiger partial charge in [0.15, 0.2) is 6.61 Å². The lowest BCUT2D eigenvalue weighted by molar-refractivity contribution is -0.134. The van der Waals surface area contributed by atoms with E-state index in [1.807, 2.05) is 60.7 Å². The van der Waals surface area contributed by atoms with Gasteiger partial charge in [0.2, 0.25) is 0 Å². The number of aryl methyl sites for hydroxylation is 1. The predicted octanol–water partition coefficient (Wildman–Crippen LogP) is 5.36. The Balaban J connectivity index is 1.51. The summed E-state index contributed by atoms with van der Waals surface area (Å²) in [6, 6.07) is 24.8. The van der Waals surface area contributed by atoms with Crippen LogP contribution in [0.15, 0.2) is 88.1 Å². The third kappa shape index (κ3) is 5.01. The van der Waals surface area contributed by atoms with Gasteiger partial charge in [-0.1, -0.05) is 72.3 Å². The van der Waals surface area contributed by atoms with Crippen LogP contribution in [0.25, 0.3) is 11.0 Å². The summed E-state index contributed by atoms with van der Waals surface area (Å²) >= 11 is 5.98. The molecule has 0 fully saturated rings. The van der Waals surface area contributed by atoms with E-state index in [9.17, 15) is 9.59 Å². The van der Waals surface area contributed by atoms with Gasteiger partial charge in [-0.25, -0.2) is 4.79 Å². The maximum absolute atomic E-state index is 13.1. The van der Waals surface area contributed by atoms with Crippen LogP contribution in [0.3, 0.4) is 0 Å². The minimum absolute atomic E-state index is 0.0683. The van der Waals surface area contributed by atoms with Crippen LogP contribution in [-0.2, 0) is 17.9 Å². The molecule has 1 amide bonds. The van der Waals surface area contributed by atoms with Crippen molar-refractivity contribution in [1.82, 2.24) is 4.90 Å². The van der Waals surface area contributed by atoms with E-state index in [1.54, 1.807) is 30.0 Å². The topological polar surface area (TPSA) is 59.8 Å². The Bertz CT molecular complexity index is 1240. The largest absolute Gasteiger partial charge is 0.484 e. The molecule has 0 radical (unpaired) electrons. The van der Waals surface area contributed by atoms with E-state index in [-0.39, 0.29) is 17.5 Å². The van der Waals surface area contributed by atoms with Gasteiger partial charge in [-0.05, 0) is 35.7 Å². The van der Waals surface area contributed by atoms with Gasteiger partial charge in [-0.2, -0.15) is 0 Å². The number of ether oxygens (including phenoxy) is 1. The molecule has 3 aromatic carbocycles. The lowest BCUT2D eigenvalue weighted by Crippen LogP contribution is -2.34. The van der Waals surface area contributed by atoms with Gasteiger partial charge in [0.1, 0.15) is 16.4 Å². The molecule has 0 saturated heterocycles. The van der Waals surface area contributed by atoms with Gasteiger partial charge < -0.3 is 14.1 Å². The highest BCUT2D eigenvalue weighted by atomic mass is 35.5. The van der Waals surface area contributed by atoms with E-state index in [2.05, 4.69) is 0 Å². The first-order valence-corrected chi connectivity index (χ1v) is 10.6. The fourth-order valence-electron chi connectivity index (χ4n) is 3.48. The SMILES string of the molecule is Cc1c(Cl)c(=O)oc2cc(OCC(=O)N(Cc3ccccc3)Cc3ccccc3)ccc12. The Morgan fingerprint density at radius 2 is 1.53 bits per heavy atom. The van der Waals surface area contributed by atoms with Crippen LogP contribution in [0.5, 0.6) is 5.75 Å². The maximum Gasteiger partial charge on any atom is 0.355 e. The average Bonchev–Trinajstić information content (AvgIpc) is 2.82. The smallest absolute Gasteiger partial charge is 0.355 e. The number of amides is 1. The van der Waals surface area contributed by atoms with E-state index >= 15 is 0 Å². The van der Waals surface area contributed by atoms with Crippen LogP contribution in [0.1, 0.15) is 16.7 Å². The first-order valence-electron chi connectivity index (χ1n) is 10.2. The first-order chi connectivity index (χ1) is 15.5. The van der Waals surface area contributed by atoms with Crippen LogP contribution in [0, 0.1) is 6.92 Å². The molecule has 0 aliphatic rings. The summed E-state index contributed by atoms with van der Waals surface area (Å²) in [7, 11) is 0. The van der Waals surface area contributed by atoms with Gasteiger partial charge in [0.05, 0.1) is 0 Å². The summed E-state index contributed by atoms with van der Waals surface area (Å²) in [5.41, 5.74) is 2.50. The standard InChI is InChI=1S/C26H22ClNO4/c1-18-22-13-12-21(14-23(22)32-26(30)25(18)27)31-17-24(29)28(15-19-8-4-2-5-9-19)16-20-10-6-3-7-11-20/h2-14H,15-17H2,1H3. The molecule has 0 N–H and O–H groups in total. The second kappa shape index (κ2) is 9.71. The Morgan fingerprint density at radius 1 is 0.938 bits per heavy atom. The minimum Gasteiger partial charge on any atom is -0.484 e. The van der Waals surface area contributed by atoms with Gasteiger partial charge in [0.25, 0.3) is 5.91 Å². The van der Waals surface area contributed by atoms with E-state index in [0.717, 1.165) is 16.5 Å². The molecule has 1 aromatic heterocycles. The van der Waals surface area contributed by atoms with Crippen molar-refractivity contribution in [3.8, 4) is 5.75 Å². The second-order valence-electron chi connectivity index (χ2n) is 7.50. The number of hydrogen-bond acceptors (Lipinski definition) is 4. The molecular weight excluding hydrogens is 426 g/mol. The summed E-state index contributed by atoms with van der Waals surface area (Å²) in [6.45, 7) is 2.57. The predicted molar refractivity (Wildman–Crippen MR) is 125 cm³/mol. The molecule has 0 bridgehead atoms. The molecule has 0 saturated carbocycles. The van der Waals surface area contributed by atoms with Crippen LogP contribution in [0.2, 0.25) is 5.02 Å². The minimum atomic E-state index is -0.596. The van der Waals surface area contributed by atoms with E-state index < -0.39 is 5.63 Å². The Morgan fingerprint density at radius 3 is 2.12 bits per heavy atom. The average molecular weight is 448 g/mol.